The molecule has 1 rings (SSSR count). The van der Waals surface area contributed by atoms with Gasteiger partial charge >= 0.3 is 0 Å². The Morgan fingerprint density at radius 1 is 1.57 bits per heavy atom. The Bertz CT molecular complexity index is 215. The Kier molecular flexibility index (Phi) is 3.77. The standard InChI is InChI=1S/C13H25N/c1-5-10(2)6-11-7-12(14)9-13(3,4)8-11/h7,10,12H,5-6,8-9,14H2,1-4H3. The molecule has 0 aromatic rings. The van der Waals surface area contributed by atoms with E-state index in [0.717, 1.165) is 12.3 Å². The van der Waals surface area contributed by atoms with Crippen molar-refractivity contribution in [3.05, 3.63) is 11.6 Å². The second kappa shape index (κ2) is 4.48. The number of hydrogen-bond acceptors (Lipinski definition) is 1. The zero-order valence-corrected chi connectivity index (χ0v) is 10.1. The number of rotatable bonds is 3. The summed E-state index contributed by atoms with van der Waals surface area (Å²) in [5.41, 5.74) is 8.04. The van der Waals surface area contributed by atoms with Gasteiger partial charge < -0.3 is 5.73 Å². The molecule has 0 aliphatic heterocycles. The molecule has 1 heteroatoms. The normalized spacial score (nSPS) is 28.4. The smallest absolute Gasteiger partial charge is 0.0231 e. The largest absolute Gasteiger partial charge is 0.324 e. The fourth-order valence-electron chi connectivity index (χ4n) is 2.48. The highest BCUT2D eigenvalue weighted by atomic mass is 14.6. The van der Waals surface area contributed by atoms with Crippen LogP contribution in [0.4, 0.5) is 0 Å². The maximum atomic E-state index is 6.04. The molecule has 2 atom stereocenters. The Labute approximate surface area is 88.8 Å². The van der Waals surface area contributed by atoms with E-state index < -0.39 is 0 Å². The molecule has 1 aliphatic carbocycles. The van der Waals surface area contributed by atoms with Gasteiger partial charge in [0.2, 0.25) is 0 Å². The van der Waals surface area contributed by atoms with E-state index in [1.165, 1.54) is 19.3 Å². The van der Waals surface area contributed by atoms with Gasteiger partial charge in [0.15, 0.2) is 0 Å². The average molecular weight is 195 g/mol. The van der Waals surface area contributed by atoms with Gasteiger partial charge in [-0.2, -0.15) is 0 Å². The van der Waals surface area contributed by atoms with Crippen LogP contribution in [0.25, 0.3) is 0 Å². The molecule has 0 amide bonds. The van der Waals surface area contributed by atoms with Crippen molar-refractivity contribution in [3.8, 4) is 0 Å². The first kappa shape index (κ1) is 11.8. The van der Waals surface area contributed by atoms with Gasteiger partial charge in [-0.1, -0.05) is 45.8 Å². The molecule has 0 heterocycles. The van der Waals surface area contributed by atoms with Crippen molar-refractivity contribution in [2.24, 2.45) is 17.1 Å². The van der Waals surface area contributed by atoms with Crippen molar-refractivity contribution in [1.82, 2.24) is 0 Å². The maximum absolute atomic E-state index is 6.04. The topological polar surface area (TPSA) is 26.0 Å². The molecule has 0 aromatic carbocycles. The lowest BCUT2D eigenvalue weighted by atomic mass is 9.74. The molecular formula is C13H25N. The van der Waals surface area contributed by atoms with Crippen molar-refractivity contribution in [2.75, 3.05) is 0 Å². The van der Waals surface area contributed by atoms with Crippen LogP contribution in [-0.2, 0) is 0 Å². The molecule has 0 saturated heterocycles. The van der Waals surface area contributed by atoms with Crippen LogP contribution in [0, 0.1) is 11.3 Å². The number of allylic oxidation sites excluding steroid dienone is 1. The molecule has 1 aliphatic rings. The van der Waals surface area contributed by atoms with Crippen LogP contribution in [0.5, 0.6) is 0 Å². The Morgan fingerprint density at radius 3 is 2.71 bits per heavy atom. The minimum absolute atomic E-state index is 0.290. The molecule has 0 radical (unpaired) electrons. The van der Waals surface area contributed by atoms with Crippen LogP contribution in [0.1, 0.15) is 53.4 Å². The first-order chi connectivity index (χ1) is 6.43. The number of nitrogens with two attached hydrogens (primary N) is 1. The highest BCUT2D eigenvalue weighted by molar-refractivity contribution is 5.14. The van der Waals surface area contributed by atoms with Crippen LogP contribution in [0.2, 0.25) is 0 Å². The highest BCUT2D eigenvalue weighted by Crippen LogP contribution is 2.37. The molecular weight excluding hydrogens is 170 g/mol. The van der Waals surface area contributed by atoms with Gasteiger partial charge in [-0.25, -0.2) is 0 Å². The van der Waals surface area contributed by atoms with E-state index in [4.69, 9.17) is 5.73 Å². The van der Waals surface area contributed by atoms with Crippen molar-refractivity contribution < 1.29 is 0 Å². The van der Waals surface area contributed by atoms with E-state index in [2.05, 4.69) is 33.8 Å². The summed E-state index contributed by atoms with van der Waals surface area (Å²) in [4.78, 5) is 0. The molecule has 82 valence electrons. The predicted molar refractivity (Wildman–Crippen MR) is 63.1 cm³/mol. The lowest BCUT2D eigenvalue weighted by Gasteiger charge is -2.34. The van der Waals surface area contributed by atoms with Gasteiger partial charge in [0.05, 0.1) is 0 Å². The lowest BCUT2D eigenvalue weighted by Crippen LogP contribution is -2.31. The van der Waals surface area contributed by atoms with Crippen LogP contribution in [0.3, 0.4) is 0 Å². The summed E-state index contributed by atoms with van der Waals surface area (Å²) in [5, 5.41) is 0. The molecule has 14 heavy (non-hydrogen) atoms. The lowest BCUT2D eigenvalue weighted by molar-refractivity contribution is 0.293. The third-order valence-corrected chi connectivity index (χ3v) is 3.25. The molecule has 2 unspecified atom stereocenters. The second-order valence-corrected chi connectivity index (χ2v) is 5.75. The fourth-order valence-corrected chi connectivity index (χ4v) is 2.48. The summed E-state index contributed by atoms with van der Waals surface area (Å²) in [6.45, 7) is 9.25. The van der Waals surface area contributed by atoms with Crippen molar-refractivity contribution in [3.63, 3.8) is 0 Å². The molecule has 0 saturated carbocycles. The minimum Gasteiger partial charge on any atom is -0.324 e. The van der Waals surface area contributed by atoms with Crippen molar-refractivity contribution in [1.29, 1.82) is 0 Å². The molecule has 1 nitrogen and oxygen atoms in total. The van der Waals surface area contributed by atoms with E-state index in [1.54, 1.807) is 5.57 Å². The monoisotopic (exact) mass is 195 g/mol. The van der Waals surface area contributed by atoms with E-state index in [1.807, 2.05) is 0 Å². The maximum Gasteiger partial charge on any atom is 0.0231 e. The van der Waals surface area contributed by atoms with Gasteiger partial charge in [-0.05, 0) is 30.6 Å². The summed E-state index contributed by atoms with van der Waals surface area (Å²) >= 11 is 0. The predicted octanol–water partition coefficient (Wildman–Crippen LogP) is 3.50. The van der Waals surface area contributed by atoms with Crippen molar-refractivity contribution >= 4 is 0 Å². The molecule has 0 fully saturated rings. The highest BCUT2D eigenvalue weighted by Gasteiger charge is 2.26. The fraction of sp³-hybridized carbons (Fsp3) is 0.846. The third-order valence-electron chi connectivity index (χ3n) is 3.25. The van der Waals surface area contributed by atoms with Gasteiger partial charge in [0.25, 0.3) is 0 Å². The van der Waals surface area contributed by atoms with Gasteiger partial charge in [0, 0.05) is 6.04 Å². The first-order valence-electron chi connectivity index (χ1n) is 5.88. The second-order valence-electron chi connectivity index (χ2n) is 5.75. The van der Waals surface area contributed by atoms with Crippen LogP contribution in [-0.4, -0.2) is 6.04 Å². The summed E-state index contributed by atoms with van der Waals surface area (Å²) in [6.07, 6.45) is 7.19. The van der Waals surface area contributed by atoms with E-state index in [-0.39, 0.29) is 6.04 Å². The summed E-state index contributed by atoms with van der Waals surface area (Å²) in [7, 11) is 0. The Balaban J connectivity index is 2.60. The van der Waals surface area contributed by atoms with Crippen LogP contribution >= 0.6 is 0 Å². The van der Waals surface area contributed by atoms with Crippen LogP contribution < -0.4 is 5.73 Å². The molecule has 0 aromatic heterocycles. The van der Waals surface area contributed by atoms with E-state index in [0.29, 0.717) is 5.41 Å². The van der Waals surface area contributed by atoms with Crippen molar-refractivity contribution in [2.45, 2.75) is 59.4 Å². The van der Waals surface area contributed by atoms with Crippen LogP contribution in [0.15, 0.2) is 11.6 Å². The first-order valence-corrected chi connectivity index (χ1v) is 5.88. The summed E-state index contributed by atoms with van der Waals surface area (Å²) in [6, 6.07) is 0.290. The summed E-state index contributed by atoms with van der Waals surface area (Å²) in [5.74, 6) is 0.808. The third kappa shape index (κ3) is 3.45. The zero-order valence-electron chi connectivity index (χ0n) is 10.1. The van der Waals surface area contributed by atoms with E-state index >= 15 is 0 Å². The van der Waals surface area contributed by atoms with Gasteiger partial charge in [-0.15, -0.1) is 0 Å². The average Bonchev–Trinajstić information content (AvgIpc) is 1.99. The van der Waals surface area contributed by atoms with E-state index in [9.17, 15) is 0 Å². The zero-order chi connectivity index (χ0) is 10.8. The Morgan fingerprint density at radius 2 is 2.21 bits per heavy atom. The molecule has 0 spiro atoms. The molecule has 0 bridgehead atoms. The number of hydrogen-bond donors (Lipinski definition) is 1. The summed E-state index contributed by atoms with van der Waals surface area (Å²) < 4.78 is 0. The van der Waals surface area contributed by atoms with Gasteiger partial charge in [0.1, 0.15) is 0 Å². The quantitative estimate of drug-likeness (QED) is 0.685. The minimum atomic E-state index is 0.290. The molecule has 2 N–H and O–H groups in total. The van der Waals surface area contributed by atoms with Gasteiger partial charge in [-0.3, -0.25) is 0 Å². The Hall–Kier alpha value is -0.300. The SMILES string of the molecule is CCC(C)CC1=CC(N)CC(C)(C)C1.